The van der Waals surface area contributed by atoms with Gasteiger partial charge in [0.1, 0.15) is 0 Å². The van der Waals surface area contributed by atoms with Crippen molar-refractivity contribution in [2.75, 3.05) is 24.7 Å². The third-order valence-electron chi connectivity index (χ3n) is 1.88. The van der Waals surface area contributed by atoms with Gasteiger partial charge in [0.15, 0.2) is 0 Å². The summed E-state index contributed by atoms with van der Waals surface area (Å²) < 4.78 is 5.45. The van der Waals surface area contributed by atoms with Crippen molar-refractivity contribution < 1.29 is 4.74 Å². The van der Waals surface area contributed by atoms with Gasteiger partial charge in [-0.2, -0.15) is 0 Å². The Labute approximate surface area is 95.4 Å². The number of thioether (sulfide) groups is 1. The van der Waals surface area contributed by atoms with Crippen LogP contribution in [0, 0.1) is 0 Å². The molecule has 0 aromatic carbocycles. The average Bonchev–Trinajstić information content (AvgIpc) is 2.26. The lowest BCUT2D eigenvalue weighted by Gasteiger charge is -2.03. The molecule has 2 N–H and O–H groups in total. The van der Waals surface area contributed by atoms with Crippen molar-refractivity contribution in [1.29, 1.82) is 0 Å². The summed E-state index contributed by atoms with van der Waals surface area (Å²) in [5.41, 5.74) is 6.25. The molecule has 0 amide bonds. The van der Waals surface area contributed by atoms with Gasteiger partial charge in [-0.05, 0) is 18.6 Å². The second-order valence-electron chi connectivity index (χ2n) is 3.24. The molecule has 15 heavy (non-hydrogen) atoms. The predicted molar refractivity (Wildman–Crippen MR) is 65.1 cm³/mol. The first-order chi connectivity index (χ1) is 7.33. The van der Waals surface area contributed by atoms with Crippen LogP contribution in [0.1, 0.15) is 19.8 Å². The molecule has 0 bridgehead atoms. The minimum atomic E-state index is 0.707. The van der Waals surface area contributed by atoms with Gasteiger partial charge in [-0.3, -0.25) is 0 Å². The van der Waals surface area contributed by atoms with E-state index in [9.17, 15) is 0 Å². The zero-order valence-electron chi connectivity index (χ0n) is 9.11. The highest BCUT2D eigenvalue weighted by Gasteiger charge is 1.95. The summed E-state index contributed by atoms with van der Waals surface area (Å²) in [6.45, 7) is 3.82. The Hall–Kier alpha value is -0.740. The van der Waals surface area contributed by atoms with Gasteiger partial charge in [0.25, 0.3) is 0 Å². The number of aromatic nitrogens is 1. The van der Waals surface area contributed by atoms with Crippen molar-refractivity contribution in [2.24, 2.45) is 0 Å². The van der Waals surface area contributed by atoms with Crippen LogP contribution in [0.5, 0.6) is 0 Å². The van der Waals surface area contributed by atoms with Crippen LogP contribution in [0.4, 0.5) is 5.69 Å². The standard InChI is InChI=1S/C11H18N2OS/c1-2-3-6-14-7-8-15-11-5-4-10(12)9-13-11/h4-5,9H,2-3,6-8,12H2,1H3. The largest absolute Gasteiger partial charge is 0.397 e. The highest BCUT2D eigenvalue weighted by atomic mass is 32.2. The molecule has 3 nitrogen and oxygen atoms in total. The van der Waals surface area contributed by atoms with E-state index >= 15 is 0 Å². The zero-order valence-corrected chi connectivity index (χ0v) is 9.93. The Morgan fingerprint density at radius 2 is 2.27 bits per heavy atom. The van der Waals surface area contributed by atoms with Crippen molar-refractivity contribution in [1.82, 2.24) is 4.98 Å². The van der Waals surface area contributed by atoms with E-state index in [4.69, 9.17) is 10.5 Å². The van der Waals surface area contributed by atoms with E-state index in [1.165, 1.54) is 6.42 Å². The van der Waals surface area contributed by atoms with Gasteiger partial charge >= 0.3 is 0 Å². The van der Waals surface area contributed by atoms with E-state index in [2.05, 4.69) is 11.9 Å². The fourth-order valence-electron chi connectivity index (χ4n) is 1.03. The Morgan fingerprint density at radius 3 is 2.93 bits per heavy atom. The fourth-order valence-corrected chi connectivity index (χ4v) is 1.73. The molecule has 4 heteroatoms. The molecule has 0 atom stereocenters. The van der Waals surface area contributed by atoms with Crippen molar-refractivity contribution in [3.05, 3.63) is 18.3 Å². The van der Waals surface area contributed by atoms with Crippen LogP contribution in [0.25, 0.3) is 0 Å². The SMILES string of the molecule is CCCCOCCSc1ccc(N)cn1. The molecule has 0 aliphatic carbocycles. The lowest BCUT2D eigenvalue weighted by atomic mass is 10.4. The first-order valence-corrected chi connectivity index (χ1v) is 6.23. The summed E-state index contributed by atoms with van der Waals surface area (Å²) in [4.78, 5) is 4.19. The van der Waals surface area contributed by atoms with Gasteiger partial charge in [-0.15, -0.1) is 11.8 Å². The van der Waals surface area contributed by atoms with Crippen molar-refractivity contribution in [3.8, 4) is 0 Å². The Bertz CT molecular complexity index is 264. The van der Waals surface area contributed by atoms with Crippen molar-refractivity contribution in [3.63, 3.8) is 0 Å². The number of ether oxygens (including phenoxy) is 1. The molecular formula is C11H18N2OS. The molecule has 1 aromatic rings. The first kappa shape index (κ1) is 12.3. The van der Waals surface area contributed by atoms with Crippen LogP contribution in [0.15, 0.2) is 23.4 Å². The summed E-state index contributed by atoms with van der Waals surface area (Å²) >= 11 is 1.70. The van der Waals surface area contributed by atoms with E-state index in [1.54, 1.807) is 18.0 Å². The number of hydrogen-bond donors (Lipinski definition) is 1. The van der Waals surface area contributed by atoms with Crippen LogP contribution < -0.4 is 5.73 Å². The molecule has 0 spiro atoms. The molecule has 0 unspecified atom stereocenters. The van der Waals surface area contributed by atoms with Crippen LogP contribution in [0.3, 0.4) is 0 Å². The van der Waals surface area contributed by atoms with E-state index in [0.717, 1.165) is 30.4 Å². The van der Waals surface area contributed by atoms with Crippen LogP contribution >= 0.6 is 11.8 Å². The second kappa shape index (κ2) is 7.54. The number of nitrogens with two attached hydrogens (primary N) is 1. The summed E-state index contributed by atoms with van der Waals surface area (Å²) in [6.07, 6.45) is 4.01. The summed E-state index contributed by atoms with van der Waals surface area (Å²) in [7, 11) is 0. The molecule has 0 saturated heterocycles. The molecular weight excluding hydrogens is 208 g/mol. The predicted octanol–water partition coefficient (Wildman–Crippen LogP) is 2.57. The maximum absolute atomic E-state index is 5.54. The molecule has 1 aromatic heterocycles. The number of nitrogens with zero attached hydrogens (tertiary/aromatic N) is 1. The summed E-state index contributed by atoms with van der Waals surface area (Å²) in [5.74, 6) is 0.945. The van der Waals surface area contributed by atoms with E-state index in [0.29, 0.717) is 5.69 Å². The Kier molecular flexibility index (Phi) is 6.20. The molecule has 1 heterocycles. The quantitative estimate of drug-likeness (QED) is 0.573. The van der Waals surface area contributed by atoms with Crippen molar-refractivity contribution >= 4 is 17.4 Å². The van der Waals surface area contributed by atoms with Gasteiger partial charge in [0, 0.05) is 12.4 Å². The van der Waals surface area contributed by atoms with E-state index in [-0.39, 0.29) is 0 Å². The van der Waals surface area contributed by atoms with Gasteiger partial charge in [-0.25, -0.2) is 4.98 Å². The van der Waals surface area contributed by atoms with Crippen molar-refractivity contribution in [2.45, 2.75) is 24.8 Å². The smallest absolute Gasteiger partial charge is 0.0962 e. The lowest BCUT2D eigenvalue weighted by Crippen LogP contribution is -1.99. The molecule has 0 aliphatic heterocycles. The minimum Gasteiger partial charge on any atom is -0.397 e. The molecule has 84 valence electrons. The lowest BCUT2D eigenvalue weighted by molar-refractivity contribution is 0.147. The molecule has 0 fully saturated rings. The van der Waals surface area contributed by atoms with Gasteiger partial charge < -0.3 is 10.5 Å². The highest BCUT2D eigenvalue weighted by Crippen LogP contribution is 2.15. The topological polar surface area (TPSA) is 48.1 Å². The highest BCUT2D eigenvalue weighted by molar-refractivity contribution is 7.99. The third-order valence-corrected chi connectivity index (χ3v) is 2.79. The normalized spacial score (nSPS) is 10.5. The summed E-state index contributed by atoms with van der Waals surface area (Å²) in [6, 6.07) is 3.80. The van der Waals surface area contributed by atoms with Crippen LogP contribution in [-0.4, -0.2) is 24.0 Å². The maximum Gasteiger partial charge on any atom is 0.0962 e. The Balaban J connectivity index is 2.07. The average molecular weight is 226 g/mol. The van der Waals surface area contributed by atoms with E-state index in [1.807, 2.05) is 12.1 Å². The van der Waals surface area contributed by atoms with Crippen LogP contribution in [-0.2, 0) is 4.74 Å². The molecule has 1 rings (SSSR count). The molecule has 0 radical (unpaired) electrons. The van der Waals surface area contributed by atoms with Gasteiger partial charge in [0.05, 0.1) is 23.5 Å². The third kappa shape index (κ3) is 5.64. The molecule has 0 aliphatic rings. The fraction of sp³-hybridized carbons (Fsp3) is 0.545. The van der Waals surface area contributed by atoms with Crippen LogP contribution in [0.2, 0.25) is 0 Å². The number of pyridine rings is 1. The Morgan fingerprint density at radius 1 is 1.40 bits per heavy atom. The van der Waals surface area contributed by atoms with Gasteiger partial charge in [-0.1, -0.05) is 13.3 Å². The number of hydrogen-bond acceptors (Lipinski definition) is 4. The number of nitrogen functional groups attached to an aromatic ring is 1. The number of rotatable bonds is 7. The number of anilines is 1. The molecule has 0 saturated carbocycles. The monoisotopic (exact) mass is 226 g/mol. The first-order valence-electron chi connectivity index (χ1n) is 5.25. The maximum atomic E-state index is 5.54. The minimum absolute atomic E-state index is 0.707. The van der Waals surface area contributed by atoms with Gasteiger partial charge in [0.2, 0.25) is 0 Å². The second-order valence-corrected chi connectivity index (χ2v) is 4.36. The summed E-state index contributed by atoms with van der Waals surface area (Å²) in [5, 5.41) is 1.00. The number of unbranched alkanes of at least 4 members (excludes halogenated alkanes) is 1. The van der Waals surface area contributed by atoms with E-state index < -0.39 is 0 Å². The zero-order chi connectivity index (χ0) is 10.9.